The van der Waals surface area contributed by atoms with Gasteiger partial charge in [-0.2, -0.15) is 0 Å². The van der Waals surface area contributed by atoms with Crippen molar-refractivity contribution in [2.75, 3.05) is 12.8 Å². The highest BCUT2D eigenvalue weighted by Gasteiger charge is 2.45. The molecular formula is C17H20N4O2S2. The summed E-state index contributed by atoms with van der Waals surface area (Å²) in [6.45, 7) is 3.65. The minimum Gasteiger partial charge on any atom is -0.369 e. The Balaban J connectivity index is 1.85. The van der Waals surface area contributed by atoms with E-state index in [4.69, 9.17) is 5.73 Å². The first kappa shape index (κ1) is 17.8. The van der Waals surface area contributed by atoms with Crippen molar-refractivity contribution in [3.8, 4) is 11.8 Å². The lowest BCUT2D eigenvalue weighted by Crippen LogP contribution is -2.54. The molecule has 0 amide bonds. The fourth-order valence-corrected chi connectivity index (χ4v) is 5.87. The maximum absolute atomic E-state index is 12.3. The summed E-state index contributed by atoms with van der Waals surface area (Å²) >= 11 is 1.60. The number of nitrogens with two attached hydrogens (primary N) is 1. The molecule has 3 heterocycles. The maximum Gasteiger partial charge on any atom is 0.239 e. The smallest absolute Gasteiger partial charge is 0.239 e. The molecule has 3 rings (SSSR count). The summed E-state index contributed by atoms with van der Waals surface area (Å²) in [6.07, 6.45) is 4.25. The molecule has 2 aliphatic rings. The SMILES string of the molecule is CC#Cc1cncc(C2=CSC([C@]3(C)CS(=O)(=O)N(C)C(N)=N3)C2)c1. The predicted octanol–water partition coefficient (Wildman–Crippen LogP) is 1.65. The normalized spacial score (nSPS) is 28.0. The van der Waals surface area contributed by atoms with Gasteiger partial charge in [-0.3, -0.25) is 4.98 Å². The van der Waals surface area contributed by atoms with Gasteiger partial charge in [0.25, 0.3) is 0 Å². The van der Waals surface area contributed by atoms with Gasteiger partial charge in [0.15, 0.2) is 0 Å². The first-order chi connectivity index (χ1) is 11.7. The summed E-state index contributed by atoms with van der Waals surface area (Å²) in [5, 5.41) is 2.07. The Bertz CT molecular complexity index is 927. The number of sulfonamides is 1. The van der Waals surface area contributed by atoms with Crippen LogP contribution in [0.5, 0.6) is 0 Å². The van der Waals surface area contributed by atoms with E-state index in [9.17, 15) is 8.42 Å². The van der Waals surface area contributed by atoms with Gasteiger partial charge in [0.05, 0.1) is 11.3 Å². The number of nitrogens with zero attached hydrogens (tertiary/aromatic N) is 3. The van der Waals surface area contributed by atoms with Crippen LogP contribution in [0.15, 0.2) is 28.9 Å². The van der Waals surface area contributed by atoms with Gasteiger partial charge in [-0.25, -0.2) is 17.7 Å². The van der Waals surface area contributed by atoms with E-state index in [0.29, 0.717) is 6.42 Å². The van der Waals surface area contributed by atoms with E-state index in [2.05, 4.69) is 27.2 Å². The van der Waals surface area contributed by atoms with Crippen molar-refractivity contribution in [1.29, 1.82) is 0 Å². The third-order valence-corrected chi connectivity index (χ3v) is 7.83. The number of hydrogen-bond acceptors (Lipinski definition) is 6. The zero-order valence-corrected chi connectivity index (χ0v) is 16.0. The second-order valence-corrected chi connectivity index (χ2v) is 9.44. The topological polar surface area (TPSA) is 88.7 Å². The van der Waals surface area contributed by atoms with Crippen LogP contribution in [-0.2, 0) is 10.0 Å². The van der Waals surface area contributed by atoms with Crippen molar-refractivity contribution in [2.45, 2.75) is 31.1 Å². The van der Waals surface area contributed by atoms with Gasteiger partial charge >= 0.3 is 0 Å². The fourth-order valence-electron chi connectivity index (χ4n) is 2.98. The van der Waals surface area contributed by atoms with Crippen LogP contribution in [0.3, 0.4) is 0 Å². The summed E-state index contributed by atoms with van der Waals surface area (Å²) in [6, 6.07) is 2.00. The summed E-state index contributed by atoms with van der Waals surface area (Å²) in [4.78, 5) is 8.74. The molecule has 1 unspecified atom stereocenters. The average Bonchev–Trinajstić information content (AvgIpc) is 3.04. The number of hydrogen-bond donors (Lipinski definition) is 1. The first-order valence-corrected chi connectivity index (χ1v) is 10.3. The van der Waals surface area contributed by atoms with Gasteiger partial charge < -0.3 is 5.73 Å². The molecule has 2 aliphatic heterocycles. The molecule has 6 nitrogen and oxygen atoms in total. The van der Waals surface area contributed by atoms with Gasteiger partial charge in [0, 0.05) is 30.3 Å². The second-order valence-electron chi connectivity index (χ2n) is 6.36. The van der Waals surface area contributed by atoms with Crippen LogP contribution in [0.2, 0.25) is 0 Å². The first-order valence-electron chi connectivity index (χ1n) is 7.80. The van der Waals surface area contributed by atoms with Crippen LogP contribution in [-0.4, -0.2) is 47.3 Å². The molecule has 0 fully saturated rings. The molecule has 0 spiro atoms. The number of allylic oxidation sites excluding steroid dienone is 1. The van der Waals surface area contributed by atoms with E-state index in [1.807, 2.05) is 13.0 Å². The second kappa shape index (κ2) is 6.39. The third kappa shape index (κ3) is 3.39. The van der Waals surface area contributed by atoms with Crippen LogP contribution >= 0.6 is 11.8 Å². The van der Waals surface area contributed by atoms with Crippen molar-refractivity contribution >= 4 is 33.3 Å². The Hall–Kier alpha value is -1.98. The van der Waals surface area contributed by atoms with E-state index in [1.165, 1.54) is 7.05 Å². The Kier molecular flexibility index (Phi) is 4.56. The highest BCUT2D eigenvalue weighted by atomic mass is 32.2. The zero-order chi connectivity index (χ0) is 18.2. The number of pyridine rings is 1. The van der Waals surface area contributed by atoms with Crippen molar-refractivity contribution in [2.24, 2.45) is 10.7 Å². The van der Waals surface area contributed by atoms with E-state index in [1.54, 1.807) is 31.1 Å². The van der Waals surface area contributed by atoms with Crippen molar-refractivity contribution < 1.29 is 8.42 Å². The van der Waals surface area contributed by atoms with Gasteiger partial charge in [0.1, 0.15) is 0 Å². The van der Waals surface area contributed by atoms with E-state index in [-0.39, 0.29) is 17.0 Å². The van der Waals surface area contributed by atoms with Crippen LogP contribution < -0.4 is 5.73 Å². The zero-order valence-electron chi connectivity index (χ0n) is 14.4. The average molecular weight is 377 g/mol. The molecule has 8 heteroatoms. The van der Waals surface area contributed by atoms with Crippen LogP contribution in [0.1, 0.15) is 31.4 Å². The quantitative estimate of drug-likeness (QED) is 0.793. The van der Waals surface area contributed by atoms with Gasteiger partial charge in [-0.1, -0.05) is 5.92 Å². The van der Waals surface area contributed by atoms with Crippen LogP contribution in [0.25, 0.3) is 5.57 Å². The lowest BCUT2D eigenvalue weighted by molar-refractivity contribution is 0.454. The minimum absolute atomic E-state index is 0.00504. The van der Waals surface area contributed by atoms with Crippen molar-refractivity contribution in [3.05, 3.63) is 35.0 Å². The van der Waals surface area contributed by atoms with Gasteiger partial charge in [-0.05, 0) is 42.9 Å². The molecule has 0 saturated heterocycles. The monoisotopic (exact) mass is 376 g/mol. The maximum atomic E-state index is 12.3. The molecule has 132 valence electrons. The molecular weight excluding hydrogens is 356 g/mol. The number of guanidine groups is 1. The Morgan fingerprint density at radius 2 is 2.20 bits per heavy atom. The van der Waals surface area contributed by atoms with Gasteiger partial charge in [0.2, 0.25) is 16.0 Å². The van der Waals surface area contributed by atoms with Gasteiger partial charge in [-0.15, -0.1) is 17.7 Å². The Morgan fingerprint density at radius 1 is 1.44 bits per heavy atom. The summed E-state index contributed by atoms with van der Waals surface area (Å²) < 4.78 is 25.7. The summed E-state index contributed by atoms with van der Waals surface area (Å²) in [5.41, 5.74) is 8.07. The van der Waals surface area contributed by atoms with Crippen LogP contribution in [0, 0.1) is 11.8 Å². The largest absolute Gasteiger partial charge is 0.369 e. The molecule has 2 N–H and O–H groups in total. The number of thioether (sulfide) groups is 1. The molecule has 0 aromatic carbocycles. The van der Waals surface area contributed by atoms with E-state index in [0.717, 1.165) is 21.0 Å². The highest BCUT2D eigenvalue weighted by Crippen LogP contribution is 2.44. The predicted molar refractivity (Wildman–Crippen MR) is 102 cm³/mol. The number of aliphatic imine (C=N–C) groups is 1. The summed E-state index contributed by atoms with van der Waals surface area (Å²) in [5.74, 6) is 5.87. The van der Waals surface area contributed by atoms with Crippen LogP contribution in [0.4, 0.5) is 0 Å². The lowest BCUT2D eigenvalue weighted by Gasteiger charge is -2.37. The molecule has 1 aromatic heterocycles. The van der Waals surface area contributed by atoms with E-state index >= 15 is 0 Å². The molecule has 25 heavy (non-hydrogen) atoms. The molecule has 2 atom stereocenters. The third-order valence-electron chi connectivity index (χ3n) is 4.44. The standard InChI is InChI=1S/C17H20N4O2S2/c1-4-5-12-6-13(9-19-8-12)14-7-15(24-10-14)17(2)11-25(22,23)21(3)16(18)20-17/h6,8-10,15H,7,11H2,1-3H3,(H2,18,20)/t15?,17-/m0/s1. The molecule has 0 radical (unpaired) electrons. The Labute approximate surface area is 152 Å². The Morgan fingerprint density at radius 3 is 2.88 bits per heavy atom. The molecule has 0 saturated carbocycles. The minimum atomic E-state index is -3.44. The molecule has 0 bridgehead atoms. The number of rotatable bonds is 2. The highest BCUT2D eigenvalue weighted by molar-refractivity contribution is 8.03. The molecule has 1 aromatic rings. The van der Waals surface area contributed by atoms with Crippen molar-refractivity contribution in [3.63, 3.8) is 0 Å². The number of aromatic nitrogens is 1. The van der Waals surface area contributed by atoms with Crippen molar-refractivity contribution in [1.82, 2.24) is 9.29 Å². The molecule has 0 aliphatic carbocycles. The summed E-state index contributed by atoms with van der Waals surface area (Å²) in [7, 11) is -2.01. The van der Waals surface area contributed by atoms with E-state index < -0.39 is 15.6 Å². The fraction of sp³-hybridized carbons (Fsp3) is 0.412. The lowest BCUT2D eigenvalue weighted by atomic mass is 9.93.